The number of fused-ring (bicyclic) bond motifs is 1. The third-order valence-corrected chi connectivity index (χ3v) is 8.22. The number of rotatable bonds is 8. The fourth-order valence-electron chi connectivity index (χ4n) is 4.61. The Bertz CT molecular complexity index is 1370. The Balaban J connectivity index is 1.87. The zero-order valence-electron chi connectivity index (χ0n) is 20.6. The molecule has 8 nitrogen and oxygen atoms in total. The third kappa shape index (κ3) is 5.06. The van der Waals surface area contributed by atoms with Gasteiger partial charge in [0.1, 0.15) is 0 Å². The first-order chi connectivity index (χ1) is 16.8. The molecule has 0 bridgehead atoms. The molecule has 35 heavy (non-hydrogen) atoms. The zero-order valence-corrected chi connectivity index (χ0v) is 21.4. The average Bonchev–Trinajstić information content (AvgIpc) is 3.22. The summed E-state index contributed by atoms with van der Waals surface area (Å²) in [5.41, 5.74) is 7.41. The molecule has 3 aromatic rings. The fourth-order valence-corrected chi connectivity index (χ4v) is 5.98. The van der Waals surface area contributed by atoms with Crippen LogP contribution in [0.1, 0.15) is 56.3 Å². The molecule has 1 aliphatic carbocycles. The lowest BCUT2D eigenvalue weighted by Gasteiger charge is -2.35. The van der Waals surface area contributed by atoms with Crippen LogP contribution in [0.15, 0.2) is 56.7 Å². The highest BCUT2D eigenvalue weighted by Crippen LogP contribution is 2.43. The van der Waals surface area contributed by atoms with E-state index in [9.17, 15) is 14.4 Å². The maximum atomic E-state index is 13.7. The van der Waals surface area contributed by atoms with E-state index in [2.05, 4.69) is 0 Å². The van der Waals surface area contributed by atoms with Gasteiger partial charge in [0.2, 0.25) is 0 Å². The third-order valence-electron chi connectivity index (χ3n) is 6.72. The van der Waals surface area contributed by atoms with Gasteiger partial charge in [-0.2, -0.15) is 0 Å². The number of Topliss-reactive ketones (excluding diaryl/α,β-unsaturated/α-hetero) is 1. The molecule has 0 spiro atoms. The van der Waals surface area contributed by atoms with E-state index in [0.717, 1.165) is 35.8 Å². The van der Waals surface area contributed by atoms with E-state index in [4.69, 9.17) is 10.7 Å². The molecular weight excluding hydrogens is 462 g/mol. The maximum Gasteiger partial charge on any atom is 0.332 e. The van der Waals surface area contributed by atoms with Crippen LogP contribution in [-0.2, 0) is 20.1 Å². The van der Waals surface area contributed by atoms with Gasteiger partial charge >= 0.3 is 5.69 Å². The van der Waals surface area contributed by atoms with Crippen molar-refractivity contribution in [2.24, 2.45) is 12.8 Å². The van der Waals surface area contributed by atoms with Crippen molar-refractivity contribution < 1.29 is 4.79 Å². The van der Waals surface area contributed by atoms with Crippen LogP contribution >= 0.6 is 11.8 Å². The van der Waals surface area contributed by atoms with Gasteiger partial charge in [0.15, 0.2) is 22.1 Å². The van der Waals surface area contributed by atoms with E-state index in [1.54, 1.807) is 43.1 Å². The van der Waals surface area contributed by atoms with Crippen molar-refractivity contribution >= 4 is 28.7 Å². The Hall–Kier alpha value is -2.91. The number of aromatic nitrogens is 4. The SMILES string of the molecule is CC(C)=CCn1c(SC2(CN)CCCCC2)nc2c1c(=O)n(CC(=O)c1ccccc1)c(=O)n2C. The molecule has 4 rings (SSSR count). The van der Waals surface area contributed by atoms with Gasteiger partial charge in [0.05, 0.1) is 6.54 Å². The highest BCUT2D eigenvalue weighted by molar-refractivity contribution is 8.00. The fraction of sp³-hybridized carbons (Fsp3) is 0.462. The highest BCUT2D eigenvalue weighted by Gasteiger charge is 2.34. The number of nitrogens with two attached hydrogens (primary N) is 1. The number of benzene rings is 1. The Kier molecular flexibility index (Phi) is 7.47. The number of allylic oxidation sites excluding steroid dienone is 2. The molecule has 0 amide bonds. The van der Waals surface area contributed by atoms with E-state index in [1.165, 1.54) is 11.0 Å². The number of hydrogen-bond donors (Lipinski definition) is 1. The van der Waals surface area contributed by atoms with Gasteiger partial charge in [-0.3, -0.25) is 18.7 Å². The van der Waals surface area contributed by atoms with Crippen molar-refractivity contribution in [3.8, 4) is 0 Å². The summed E-state index contributed by atoms with van der Waals surface area (Å²) in [4.78, 5) is 44.5. The molecule has 2 N–H and O–H groups in total. The lowest BCUT2D eigenvalue weighted by Crippen LogP contribution is -2.41. The summed E-state index contributed by atoms with van der Waals surface area (Å²) >= 11 is 1.62. The van der Waals surface area contributed by atoms with Crippen LogP contribution in [0, 0.1) is 0 Å². The van der Waals surface area contributed by atoms with E-state index in [0.29, 0.717) is 35.0 Å². The standard InChI is InChI=1S/C26H33N5O3S/c1-18(2)12-15-30-21-22(28-24(30)35-26(17-27)13-8-5-9-14-26)29(3)25(34)31(23(21)33)16-20(32)19-10-6-4-7-11-19/h4,6-7,10-12H,5,8-9,13-17,27H2,1-3H3. The number of imidazole rings is 1. The van der Waals surface area contributed by atoms with Crippen LogP contribution < -0.4 is 17.0 Å². The summed E-state index contributed by atoms with van der Waals surface area (Å²) in [6.45, 7) is 4.65. The molecule has 186 valence electrons. The van der Waals surface area contributed by atoms with Crippen molar-refractivity contribution in [2.45, 2.75) is 68.9 Å². The van der Waals surface area contributed by atoms with Crippen molar-refractivity contribution in [1.82, 2.24) is 18.7 Å². The predicted molar refractivity (Wildman–Crippen MR) is 140 cm³/mol. The number of thioether (sulfide) groups is 1. The highest BCUT2D eigenvalue weighted by atomic mass is 32.2. The first-order valence-corrected chi connectivity index (χ1v) is 12.9. The van der Waals surface area contributed by atoms with Gasteiger partial charge in [-0.15, -0.1) is 0 Å². The topological polar surface area (TPSA) is 105 Å². The number of hydrogen-bond acceptors (Lipinski definition) is 6. The second-order valence-electron chi connectivity index (χ2n) is 9.53. The smallest absolute Gasteiger partial charge is 0.329 e. The van der Waals surface area contributed by atoms with E-state index < -0.39 is 11.2 Å². The van der Waals surface area contributed by atoms with Crippen molar-refractivity contribution in [3.05, 3.63) is 68.4 Å². The van der Waals surface area contributed by atoms with Crippen molar-refractivity contribution in [2.75, 3.05) is 6.54 Å². The second-order valence-corrected chi connectivity index (χ2v) is 11.0. The summed E-state index contributed by atoms with van der Waals surface area (Å²) in [6.07, 6.45) is 7.45. The molecule has 0 saturated heterocycles. The quantitative estimate of drug-likeness (QED) is 0.379. The molecule has 2 aromatic heterocycles. The average molecular weight is 496 g/mol. The summed E-state index contributed by atoms with van der Waals surface area (Å²) in [7, 11) is 1.60. The summed E-state index contributed by atoms with van der Waals surface area (Å²) < 4.78 is 4.13. The number of aryl methyl sites for hydroxylation is 1. The van der Waals surface area contributed by atoms with Gasteiger partial charge in [0.25, 0.3) is 5.56 Å². The van der Waals surface area contributed by atoms with E-state index in [1.807, 2.05) is 30.6 Å². The Morgan fingerprint density at radius 2 is 1.80 bits per heavy atom. The lowest BCUT2D eigenvalue weighted by molar-refractivity contribution is 0.0969. The van der Waals surface area contributed by atoms with Gasteiger partial charge < -0.3 is 10.3 Å². The molecule has 2 heterocycles. The zero-order chi connectivity index (χ0) is 25.2. The maximum absolute atomic E-state index is 13.7. The summed E-state index contributed by atoms with van der Waals surface area (Å²) in [5, 5.41) is 0.684. The van der Waals surface area contributed by atoms with Crippen LogP contribution in [0.4, 0.5) is 0 Å². The first kappa shape index (κ1) is 25.2. The second kappa shape index (κ2) is 10.4. The van der Waals surface area contributed by atoms with Gasteiger partial charge in [-0.1, -0.05) is 73.0 Å². The largest absolute Gasteiger partial charge is 0.332 e. The number of ketones is 1. The summed E-state index contributed by atoms with van der Waals surface area (Å²) in [5.74, 6) is -0.293. The van der Waals surface area contributed by atoms with Crippen LogP contribution in [0.25, 0.3) is 11.2 Å². The molecule has 1 fully saturated rings. The van der Waals surface area contributed by atoms with Crippen molar-refractivity contribution in [1.29, 1.82) is 0 Å². The molecule has 0 unspecified atom stereocenters. The molecule has 1 aliphatic rings. The monoisotopic (exact) mass is 495 g/mol. The van der Waals surface area contributed by atoms with Crippen LogP contribution in [0.2, 0.25) is 0 Å². The lowest BCUT2D eigenvalue weighted by atomic mass is 9.88. The number of carbonyl (C=O) groups is 1. The molecule has 1 saturated carbocycles. The Labute approximate surface area is 208 Å². The van der Waals surface area contributed by atoms with Crippen LogP contribution in [0.5, 0.6) is 0 Å². The normalized spacial score (nSPS) is 15.3. The summed E-state index contributed by atoms with van der Waals surface area (Å²) in [6, 6.07) is 8.69. The minimum Gasteiger partial charge on any atom is -0.329 e. The van der Waals surface area contributed by atoms with Crippen LogP contribution in [0.3, 0.4) is 0 Å². The molecular formula is C26H33N5O3S. The molecule has 0 aliphatic heterocycles. The van der Waals surface area contributed by atoms with Crippen LogP contribution in [-0.4, -0.2) is 35.8 Å². The van der Waals surface area contributed by atoms with Gasteiger partial charge in [-0.05, 0) is 26.7 Å². The molecule has 9 heteroatoms. The molecule has 1 aromatic carbocycles. The van der Waals surface area contributed by atoms with Crippen molar-refractivity contribution in [3.63, 3.8) is 0 Å². The van der Waals surface area contributed by atoms with Gasteiger partial charge in [-0.25, -0.2) is 9.78 Å². The molecule has 0 radical (unpaired) electrons. The van der Waals surface area contributed by atoms with Gasteiger partial charge in [0, 0.05) is 30.4 Å². The molecule has 0 atom stereocenters. The first-order valence-electron chi connectivity index (χ1n) is 12.1. The Morgan fingerprint density at radius 3 is 2.43 bits per heavy atom. The number of carbonyl (C=O) groups excluding carboxylic acids is 1. The van der Waals surface area contributed by atoms with E-state index in [-0.39, 0.29) is 17.1 Å². The van der Waals surface area contributed by atoms with E-state index >= 15 is 0 Å². The predicted octanol–water partition coefficient (Wildman–Crippen LogP) is 3.50. The number of nitrogens with zero attached hydrogens (tertiary/aromatic N) is 4. The minimum atomic E-state index is -0.554. The Morgan fingerprint density at radius 1 is 1.11 bits per heavy atom. The minimum absolute atomic E-state index is 0.135.